The lowest BCUT2D eigenvalue weighted by Crippen LogP contribution is -2.29. The average Bonchev–Trinajstić information content (AvgIpc) is 2.72. The lowest BCUT2D eigenvalue weighted by Gasteiger charge is -2.23. The number of fused-ring (bicyclic) bond motifs is 1. The van der Waals surface area contributed by atoms with Crippen LogP contribution in [0.3, 0.4) is 0 Å². The average molecular weight is 295 g/mol. The van der Waals surface area contributed by atoms with Gasteiger partial charge in [-0.1, -0.05) is 18.2 Å². The van der Waals surface area contributed by atoms with Gasteiger partial charge in [0.25, 0.3) is 5.56 Å². The van der Waals surface area contributed by atoms with E-state index in [1.54, 1.807) is 17.0 Å². The number of aromatic amines is 1. The van der Waals surface area contributed by atoms with Gasteiger partial charge in [-0.25, -0.2) is 4.98 Å². The van der Waals surface area contributed by atoms with E-state index in [1.807, 2.05) is 19.1 Å². The Bertz CT molecular complexity index is 739. The number of hydrogen-bond acceptors (Lipinski definition) is 3. The molecule has 1 aromatic carbocycles. The van der Waals surface area contributed by atoms with Crippen molar-refractivity contribution in [1.29, 1.82) is 0 Å². The van der Waals surface area contributed by atoms with Gasteiger partial charge in [0, 0.05) is 17.8 Å². The lowest BCUT2D eigenvalue weighted by atomic mass is 10.1. The van der Waals surface area contributed by atoms with E-state index < -0.39 is 17.4 Å². The van der Waals surface area contributed by atoms with Gasteiger partial charge in [0.05, 0.1) is 0 Å². The van der Waals surface area contributed by atoms with E-state index in [0.29, 0.717) is 12.5 Å². The summed E-state index contributed by atoms with van der Waals surface area (Å²) in [6.07, 6.45) is -3.96. The third kappa shape index (κ3) is 2.39. The van der Waals surface area contributed by atoms with E-state index in [4.69, 9.17) is 0 Å². The molecule has 1 atom stereocenters. The summed E-state index contributed by atoms with van der Waals surface area (Å²) in [6, 6.07) is 7.79. The number of alkyl halides is 3. The van der Waals surface area contributed by atoms with Crippen molar-refractivity contribution in [2.45, 2.75) is 25.6 Å². The zero-order chi connectivity index (χ0) is 15.2. The molecule has 0 spiro atoms. The summed E-state index contributed by atoms with van der Waals surface area (Å²) in [5.74, 6) is -0.0766. The summed E-state index contributed by atoms with van der Waals surface area (Å²) in [6.45, 7) is 1.88. The first-order valence-electron chi connectivity index (χ1n) is 6.42. The summed E-state index contributed by atoms with van der Waals surface area (Å²) >= 11 is 0. The zero-order valence-corrected chi connectivity index (χ0v) is 11.1. The molecule has 3 rings (SSSR count). The molecule has 0 saturated carbocycles. The number of anilines is 2. The lowest BCUT2D eigenvalue weighted by molar-refractivity contribution is -0.141. The molecule has 2 heterocycles. The number of rotatable bonds is 1. The molecule has 1 aliphatic heterocycles. The Morgan fingerprint density at radius 2 is 2.05 bits per heavy atom. The fraction of sp³-hybridized carbons (Fsp3) is 0.286. The number of hydrogen-bond donors (Lipinski definition) is 1. The summed E-state index contributed by atoms with van der Waals surface area (Å²) in [4.78, 5) is 19.1. The third-order valence-corrected chi connectivity index (χ3v) is 3.46. The van der Waals surface area contributed by atoms with Gasteiger partial charge < -0.3 is 4.90 Å². The van der Waals surface area contributed by atoms with Gasteiger partial charge in [0.2, 0.25) is 5.95 Å². The highest BCUT2D eigenvalue weighted by Crippen LogP contribution is 2.37. The molecule has 0 aliphatic carbocycles. The molecular weight excluding hydrogens is 283 g/mol. The van der Waals surface area contributed by atoms with Crippen LogP contribution >= 0.6 is 0 Å². The Kier molecular flexibility index (Phi) is 3.00. The Morgan fingerprint density at radius 3 is 2.76 bits per heavy atom. The van der Waals surface area contributed by atoms with Crippen molar-refractivity contribution in [2.75, 3.05) is 4.90 Å². The molecule has 1 unspecified atom stereocenters. The Morgan fingerprint density at radius 1 is 1.33 bits per heavy atom. The van der Waals surface area contributed by atoms with Gasteiger partial charge >= 0.3 is 6.18 Å². The molecule has 0 bridgehead atoms. The molecular formula is C14H12F3N3O. The maximum atomic E-state index is 12.8. The van der Waals surface area contributed by atoms with Crippen LogP contribution < -0.4 is 10.5 Å². The van der Waals surface area contributed by atoms with Crippen molar-refractivity contribution < 1.29 is 13.2 Å². The number of benzene rings is 1. The first-order chi connectivity index (χ1) is 9.86. The molecule has 7 heteroatoms. The van der Waals surface area contributed by atoms with Crippen LogP contribution in [0.15, 0.2) is 35.1 Å². The van der Waals surface area contributed by atoms with Gasteiger partial charge in [0.15, 0.2) is 5.69 Å². The van der Waals surface area contributed by atoms with Gasteiger partial charge in [0.1, 0.15) is 0 Å². The monoisotopic (exact) mass is 295 g/mol. The molecule has 21 heavy (non-hydrogen) atoms. The maximum absolute atomic E-state index is 12.8. The fourth-order valence-electron chi connectivity index (χ4n) is 2.59. The second-order valence-corrected chi connectivity index (χ2v) is 5.00. The van der Waals surface area contributed by atoms with Gasteiger partial charge in [-0.2, -0.15) is 13.2 Å². The quantitative estimate of drug-likeness (QED) is 0.880. The molecule has 0 radical (unpaired) electrons. The largest absolute Gasteiger partial charge is 0.433 e. The molecule has 1 N–H and O–H groups in total. The van der Waals surface area contributed by atoms with Crippen LogP contribution in [0.1, 0.15) is 18.2 Å². The van der Waals surface area contributed by atoms with E-state index in [2.05, 4.69) is 9.97 Å². The minimum absolute atomic E-state index is 0.0750. The highest BCUT2D eigenvalue weighted by Gasteiger charge is 2.35. The van der Waals surface area contributed by atoms with Crippen LogP contribution in [0, 0.1) is 0 Å². The first kappa shape index (κ1) is 13.7. The van der Waals surface area contributed by atoms with Gasteiger partial charge in [-0.05, 0) is 25.0 Å². The van der Waals surface area contributed by atoms with Crippen molar-refractivity contribution >= 4 is 11.6 Å². The minimum atomic E-state index is -4.65. The smallest absolute Gasteiger partial charge is 0.309 e. The maximum Gasteiger partial charge on any atom is 0.433 e. The standard InChI is InChI=1S/C14H12F3N3O/c1-8-6-9-4-2-3-5-10(9)20(8)13-18-11(14(15,16)17)7-12(21)19-13/h2-5,7-8H,6H2,1H3,(H,18,19,21). The van der Waals surface area contributed by atoms with E-state index in [-0.39, 0.29) is 12.0 Å². The Labute approximate surface area is 118 Å². The SMILES string of the molecule is CC1Cc2ccccc2N1c1nc(C(F)(F)F)cc(=O)[nH]1. The highest BCUT2D eigenvalue weighted by atomic mass is 19.4. The summed E-state index contributed by atoms with van der Waals surface area (Å²) in [7, 11) is 0. The molecule has 0 amide bonds. The fourth-order valence-corrected chi connectivity index (χ4v) is 2.59. The van der Waals surface area contributed by atoms with Crippen molar-refractivity contribution in [3.63, 3.8) is 0 Å². The second-order valence-electron chi connectivity index (χ2n) is 5.00. The molecule has 0 saturated heterocycles. The topological polar surface area (TPSA) is 49.0 Å². The Balaban J connectivity index is 2.13. The number of para-hydroxylation sites is 1. The van der Waals surface area contributed by atoms with Crippen LogP contribution in [0.2, 0.25) is 0 Å². The van der Waals surface area contributed by atoms with Crippen LogP contribution in [-0.2, 0) is 12.6 Å². The predicted molar refractivity (Wildman–Crippen MR) is 71.6 cm³/mol. The normalized spacial score (nSPS) is 17.9. The van der Waals surface area contributed by atoms with Crippen molar-refractivity contribution in [2.24, 2.45) is 0 Å². The van der Waals surface area contributed by atoms with Gasteiger partial charge in [-0.3, -0.25) is 9.78 Å². The van der Waals surface area contributed by atoms with Crippen molar-refractivity contribution in [1.82, 2.24) is 9.97 Å². The summed E-state index contributed by atoms with van der Waals surface area (Å²) < 4.78 is 38.4. The Hall–Kier alpha value is -2.31. The number of aromatic nitrogens is 2. The van der Waals surface area contributed by atoms with Crippen LogP contribution in [-0.4, -0.2) is 16.0 Å². The molecule has 4 nitrogen and oxygen atoms in total. The second kappa shape index (κ2) is 4.61. The van der Waals surface area contributed by atoms with Crippen molar-refractivity contribution in [3.8, 4) is 0 Å². The highest BCUT2D eigenvalue weighted by molar-refractivity contribution is 5.66. The van der Waals surface area contributed by atoms with Gasteiger partial charge in [-0.15, -0.1) is 0 Å². The summed E-state index contributed by atoms with van der Waals surface area (Å²) in [5.41, 5.74) is -0.209. The molecule has 0 fully saturated rings. The van der Waals surface area contributed by atoms with Crippen LogP contribution in [0.25, 0.3) is 0 Å². The summed E-state index contributed by atoms with van der Waals surface area (Å²) in [5, 5.41) is 0. The van der Waals surface area contributed by atoms with Crippen molar-refractivity contribution in [3.05, 3.63) is 51.9 Å². The number of nitrogens with one attached hydrogen (secondary N) is 1. The zero-order valence-electron chi connectivity index (χ0n) is 11.1. The van der Waals surface area contributed by atoms with Crippen LogP contribution in [0.5, 0.6) is 0 Å². The first-order valence-corrected chi connectivity index (χ1v) is 6.42. The van der Waals surface area contributed by atoms with Crippen LogP contribution in [0.4, 0.5) is 24.8 Å². The number of halogens is 3. The van der Waals surface area contributed by atoms with E-state index in [9.17, 15) is 18.0 Å². The predicted octanol–water partition coefficient (Wildman–Crippen LogP) is 2.87. The van der Waals surface area contributed by atoms with E-state index >= 15 is 0 Å². The minimum Gasteiger partial charge on any atom is -0.309 e. The molecule has 1 aliphatic rings. The third-order valence-electron chi connectivity index (χ3n) is 3.46. The van der Waals surface area contributed by atoms with E-state index in [1.165, 1.54) is 0 Å². The molecule has 1 aromatic heterocycles. The van der Waals surface area contributed by atoms with E-state index in [0.717, 1.165) is 11.3 Å². The number of nitrogens with zero attached hydrogens (tertiary/aromatic N) is 2. The molecule has 110 valence electrons. The number of H-pyrrole nitrogens is 1. The molecule has 2 aromatic rings.